The minimum Gasteiger partial charge on any atom is -0.393 e. The van der Waals surface area contributed by atoms with E-state index in [1.54, 1.807) is 6.07 Å². The molecule has 1 aliphatic rings. The lowest BCUT2D eigenvalue weighted by Crippen LogP contribution is -2.10. The van der Waals surface area contributed by atoms with Gasteiger partial charge in [0, 0.05) is 5.02 Å². The standard InChI is InChI=1S/C12H14ClFO/c13-10-4-5-11(14)9(7-10)3-6-12(15)8-1-2-8/h4-5,7-8,12,15H,1-3,6H2. The molecular formula is C12H14ClFO. The molecule has 2 rings (SSSR count). The Morgan fingerprint density at radius 2 is 2.20 bits per heavy atom. The van der Waals surface area contributed by atoms with Crippen molar-refractivity contribution in [1.29, 1.82) is 0 Å². The molecule has 0 spiro atoms. The molecule has 1 aromatic rings. The predicted molar refractivity (Wildman–Crippen MR) is 58.5 cm³/mol. The number of aryl methyl sites for hydroxylation is 1. The minimum absolute atomic E-state index is 0.234. The van der Waals surface area contributed by atoms with Gasteiger partial charge in [-0.15, -0.1) is 0 Å². The van der Waals surface area contributed by atoms with Crippen molar-refractivity contribution >= 4 is 11.6 Å². The van der Waals surface area contributed by atoms with Crippen molar-refractivity contribution in [1.82, 2.24) is 0 Å². The molecule has 0 saturated heterocycles. The molecule has 0 heterocycles. The van der Waals surface area contributed by atoms with Crippen LogP contribution in [0.25, 0.3) is 0 Å². The van der Waals surface area contributed by atoms with Crippen molar-refractivity contribution < 1.29 is 9.50 Å². The van der Waals surface area contributed by atoms with Crippen molar-refractivity contribution in [2.45, 2.75) is 31.8 Å². The molecule has 1 unspecified atom stereocenters. The maximum atomic E-state index is 13.3. The fourth-order valence-electron chi connectivity index (χ4n) is 1.75. The van der Waals surface area contributed by atoms with Crippen LogP contribution < -0.4 is 0 Å². The molecule has 1 aromatic carbocycles. The highest BCUT2D eigenvalue weighted by molar-refractivity contribution is 6.30. The molecule has 82 valence electrons. The fraction of sp³-hybridized carbons (Fsp3) is 0.500. The molecular weight excluding hydrogens is 215 g/mol. The highest BCUT2D eigenvalue weighted by Gasteiger charge is 2.29. The topological polar surface area (TPSA) is 20.2 Å². The molecule has 3 heteroatoms. The lowest BCUT2D eigenvalue weighted by Gasteiger charge is -2.09. The van der Waals surface area contributed by atoms with Gasteiger partial charge in [-0.05, 0) is 55.4 Å². The van der Waals surface area contributed by atoms with Crippen LogP contribution >= 0.6 is 11.6 Å². The number of rotatable bonds is 4. The van der Waals surface area contributed by atoms with Crippen LogP contribution in [0.5, 0.6) is 0 Å². The zero-order valence-corrected chi connectivity index (χ0v) is 9.17. The maximum Gasteiger partial charge on any atom is 0.126 e. The number of benzene rings is 1. The summed E-state index contributed by atoms with van der Waals surface area (Å²) in [5.41, 5.74) is 0.599. The summed E-state index contributed by atoms with van der Waals surface area (Å²) in [5.74, 6) is 0.217. The van der Waals surface area contributed by atoms with Crippen LogP contribution in [-0.4, -0.2) is 11.2 Å². The van der Waals surface area contributed by atoms with Crippen LogP contribution in [0.1, 0.15) is 24.8 Å². The Hall–Kier alpha value is -0.600. The van der Waals surface area contributed by atoms with Crippen LogP contribution in [0.2, 0.25) is 5.02 Å². The predicted octanol–water partition coefficient (Wildman–Crippen LogP) is 3.18. The van der Waals surface area contributed by atoms with Crippen molar-refractivity contribution in [2.24, 2.45) is 5.92 Å². The molecule has 15 heavy (non-hydrogen) atoms. The molecule has 0 bridgehead atoms. The highest BCUT2D eigenvalue weighted by Crippen LogP contribution is 2.34. The Kier molecular flexibility index (Phi) is 3.27. The van der Waals surface area contributed by atoms with Gasteiger partial charge in [0.05, 0.1) is 6.10 Å². The lowest BCUT2D eigenvalue weighted by molar-refractivity contribution is 0.141. The van der Waals surface area contributed by atoms with Gasteiger partial charge in [0.15, 0.2) is 0 Å². The summed E-state index contributed by atoms with van der Waals surface area (Å²) in [4.78, 5) is 0. The molecule has 0 aliphatic heterocycles. The van der Waals surface area contributed by atoms with Gasteiger partial charge in [0.2, 0.25) is 0 Å². The second-order valence-corrected chi connectivity index (χ2v) is 4.62. The Labute approximate surface area is 93.9 Å². The normalized spacial score (nSPS) is 17.8. The summed E-state index contributed by atoms with van der Waals surface area (Å²) in [6.45, 7) is 0. The average molecular weight is 229 g/mol. The molecule has 1 saturated carbocycles. The van der Waals surface area contributed by atoms with E-state index in [-0.39, 0.29) is 11.9 Å². The first-order valence-electron chi connectivity index (χ1n) is 5.29. The van der Waals surface area contributed by atoms with Crippen molar-refractivity contribution in [3.05, 3.63) is 34.6 Å². The Morgan fingerprint density at radius 1 is 1.47 bits per heavy atom. The number of aliphatic hydroxyl groups excluding tert-OH is 1. The van der Waals surface area contributed by atoms with Gasteiger partial charge in [-0.1, -0.05) is 11.6 Å². The number of hydrogen-bond donors (Lipinski definition) is 1. The van der Waals surface area contributed by atoms with E-state index in [1.165, 1.54) is 12.1 Å². The summed E-state index contributed by atoms with van der Waals surface area (Å²) >= 11 is 5.78. The summed E-state index contributed by atoms with van der Waals surface area (Å²) in [7, 11) is 0. The maximum absolute atomic E-state index is 13.3. The van der Waals surface area contributed by atoms with Crippen LogP contribution in [0.15, 0.2) is 18.2 Å². The Morgan fingerprint density at radius 3 is 2.87 bits per heavy atom. The van der Waals surface area contributed by atoms with Crippen LogP contribution in [0.3, 0.4) is 0 Å². The fourth-order valence-corrected chi connectivity index (χ4v) is 1.95. The lowest BCUT2D eigenvalue weighted by atomic mass is 10.0. The zero-order chi connectivity index (χ0) is 10.8. The summed E-state index contributed by atoms with van der Waals surface area (Å²) in [6.07, 6.45) is 3.13. The van der Waals surface area contributed by atoms with Crippen LogP contribution in [-0.2, 0) is 6.42 Å². The minimum atomic E-state index is -0.275. The van der Waals surface area contributed by atoms with Gasteiger partial charge < -0.3 is 5.11 Å². The van der Waals surface area contributed by atoms with Gasteiger partial charge >= 0.3 is 0 Å². The van der Waals surface area contributed by atoms with Crippen LogP contribution in [0.4, 0.5) is 4.39 Å². The molecule has 1 N–H and O–H groups in total. The zero-order valence-electron chi connectivity index (χ0n) is 8.42. The van der Waals surface area contributed by atoms with E-state index >= 15 is 0 Å². The van der Waals surface area contributed by atoms with Crippen molar-refractivity contribution in [2.75, 3.05) is 0 Å². The third kappa shape index (κ3) is 2.93. The van der Waals surface area contributed by atoms with Gasteiger partial charge in [-0.25, -0.2) is 4.39 Å². The van der Waals surface area contributed by atoms with Crippen LogP contribution in [0, 0.1) is 11.7 Å². The molecule has 1 atom stereocenters. The molecule has 0 amide bonds. The average Bonchev–Trinajstić information content (AvgIpc) is 3.02. The van der Waals surface area contributed by atoms with Gasteiger partial charge in [0.25, 0.3) is 0 Å². The van der Waals surface area contributed by atoms with E-state index in [0.29, 0.717) is 29.3 Å². The monoisotopic (exact) mass is 228 g/mol. The van der Waals surface area contributed by atoms with Crippen molar-refractivity contribution in [3.63, 3.8) is 0 Å². The van der Waals surface area contributed by atoms with Gasteiger partial charge in [-0.2, -0.15) is 0 Å². The smallest absolute Gasteiger partial charge is 0.126 e. The van der Waals surface area contributed by atoms with E-state index in [9.17, 15) is 9.50 Å². The number of hydrogen-bond acceptors (Lipinski definition) is 1. The SMILES string of the molecule is OC(CCc1cc(Cl)ccc1F)C1CC1. The third-order valence-electron chi connectivity index (χ3n) is 2.88. The molecule has 1 nitrogen and oxygen atoms in total. The first kappa shape index (κ1) is 10.9. The van der Waals surface area contributed by atoms with Gasteiger partial charge in [-0.3, -0.25) is 0 Å². The van der Waals surface area contributed by atoms with E-state index in [4.69, 9.17) is 11.6 Å². The van der Waals surface area contributed by atoms with E-state index in [0.717, 1.165) is 12.8 Å². The molecule has 0 aromatic heterocycles. The Balaban J connectivity index is 1.94. The first-order chi connectivity index (χ1) is 7.16. The van der Waals surface area contributed by atoms with Crippen molar-refractivity contribution in [3.8, 4) is 0 Å². The quantitative estimate of drug-likeness (QED) is 0.839. The summed E-state index contributed by atoms with van der Waals surface area (Å²) in [5, 5.41) is 10.2. The number of halogens is 2. The molecule has 1 fully saturated rings. The second kappa shape index (κ2) is 4.50. The Bertz CT molecular complexity index is 349. The summed E-state index contributed by atoms with van der Waals surface area (Å²) in [6, 6.07) is 4.55. The third-order valence-corrected chi connectivity index (χ3v) is 3.12. The van der Waals surface area contributed by atoms with E-state index in [1.807, 2.05) is 0 Å². The molecule has 1 aliphatic carbocycles. The summed E-state index contributed by atoms with van der Waals surface area (Å²) < 4.78 is 13.3. The van der Waals surface area contributed by atoms with E-state index < -0.39 is 0 Å². The molecule has 0 radical (unpaired) electrons. The first-order valence-corrected chi connectivity index (χ1v) is 5.66. The number of aliphatic hydroxyl groups is 1. The largest absolute Gasteiger partial charge is 0.393 e. The van der Waals surface area contributed by atoms with Gasteiger partial charge in [0.1, 0.15) is 5.82 Å². The van der Waals surface area contributed by atoms with E-state index in [2.05, 4.69) is 0 Å². The second-order valence-electron chi connectivity index (χ2n) is 4.18. The highest BCUT2D eigenvalue weighted by atomic mass is 35.5.